The first-order chi connectivity index (χ1) is 11.2. The lowest BCUT2D eigenvalue weighted by Gasteiger charge is -2.19. The highest BCUT2D eigenvalue weighted by Gasteiger charge is 2.23. The molecule has 23 heavy (non-hydrogen) atoms. The van der Waals surface area contributed by atoms with Crippen molar-refractivity contribution < 1.29 is 14.3 Å². The average molecular weight is 304 g/mol. The summed E-state index contributed by atoms with van der Waals surface area (Å²) in [7, 11) is 0. The van der Waals surface area contributed by atoms with Crippen LogP contribution in [0.2, 0.25) is 0 Å². The molecule has 3 nitrogen and oxygen atoms in total. The third kappa shape index (κ3) is 2.12. The fraction of sp³-hybridized carbons (Fsp3) is 0.200. The van der Waals surface area contributed by atoms with Crippen molar-refractivity contribution in [1.29, 1.82) is 0 Å². The van der Waals surface area contributed by atoms with E-state index in [0.29, 0.717) is 18.6 Å². The number of ketones is 1. The Labute approximate surface area is 133 Å². The molecule has 0 atom stereocenters. The first-order valence-corrected chi connectivity index (χ1v) is 7.90. The van der Waals surface area contributed by atoms with Gasteiger partial charge in [-0.15, -0.1) is 0 Å². The molecule has 0 unspecified atom stereocenters. The minimum atomic E-state index is -0.238. The van der Waals surface area contributed by atoms with Crippen LogP contribution in [0.1, 0.15) is 35.7 Å². The molecule has 0 radical (unpaired) electrons. The molecule has 0 aromatic heterocycles. The summed E-state index contributed by atoms with van der Waals surface area (Å²) in [5.41, 5.74) is 1.77. The number of Topliss-reactive ketones (excluding diaryl/α,β-unsaturated/α-hetero) is 1. The molecule has 0 spiro atoms. The van der Waals surface area contributed by atoms with E-state index < -0.39 is 0 Å². The molecule has 0 fully saturated rings. The Bertz CT molecular complexity index is 969. The van der Waals surface area contributed by atoms with Crippen LogP contribution in [0.3, 0.4) is 0 Å². The molecule has 0 aliphatic heterocycles. The van der Waals surface area contributed by atoms with Crippen molar-refractivity contribution in [2.45, 2.75) is 26.2 Å². The van der Waals surface area contributed by atoms with Gasteiger partial charge in [0.05, 0.1) is 0 Å². The number of rotatable bonds is 3. The third-order valence-electron chi connectivity index (χ3n) is 4.40. The molecule has 0 saturated carbocycles. The monoisotopic (exact) mass is 304 g/mol. The zero-order chi connectivity index (χ0) is 16.0. The molecule has 1 aliphatic rings. The zero-order valence-electron chi connectivity index (χ0n) is 12.9. The van der Waals surface area contributed by atoms with Gasteiger partial charge in [-0.1, -0.05) is 31.2 Å². The second kappa shape index (κ2) is 5.20. The molecule has 114 valence electrons. The van der Waals surface area contributed by atoms with E-state index in [1.807, 2.05) is 37.3 Å². The van der Waals surface area contributed by atoms with E-state index in [1.54, 1.807) is 12.1 Å². The number of ether oxygens (including phenoxy) is 1. The van der Waals surface area contributed by atoms with Gasteiger partial charge in [-0.3, -0.25) is 9.59 Å². The van der Waals surface area contributed by atoms with E-state index in [0.717, 1.165) is 39.1 Å². The van der Waals surface area contributed by atoms with E-state index in [2.05, 4.69) is 0 Å². The van der Waals surface area contributed by atoms with Gasteiger partial charge in [-0.2, -0.15) is 0 Å². The Morgan fingerprint density at radius 2 is 1.96 bits per heavy atom. The van der Waals surface area contributed by atoms with Crippen LogP contribution in [0.25, 0.3) is 21.5 Å². The molecule has 0 bridgehead atoms. The molecular formula is C20H16O3. The highest BCUT2D eigenvalue weighted by atomic mass is 16.5. The summed E-state index contributed by atoms with van der Waals surface area (Å²) in [6.07, 6.45) is 1.57. The first-order valence-electron chi connectivity index (χ1n) is 7.90. The number of hydrogen-bond acceptors (Lipinski definition) is 3. The molecule has 0 heterocycles. The SMILES string of the molecule is CCCC(=O)Oc1ccc2c3c1ccc1cccc(c13)CC2=O. The fourth-order valence-electron chi connectivity index (χ4n) is 3.39. The van der Waals surface area contributed by atoms with Gasteiger partial charge in [0.2, 0.25) is 0 Å². The molecular weight excluding hydrogens is 288 g/mol. The van der Waals surface area contributed by atoms with Crippen molar-refractivity contribution in [3.8, 4) is 5.75 Å². The Balaban J connectivity index is 2.02. The molecule has 3 aromatic carbocycles. The summed E-state index contributed by atoms with van der Waals surface area (Å²) in [5, 5.41) is 3.96. The van der Waals surface area contributed by atoms with E-state index in [4.69, 9.17) is 4.74 Å². The molecule has 1 aliphatic carbocycles. The number of carbonyl (C=O) groups excluding carboxylic acids is 2. The Kier molecular flexibility index (Phi) is 3.15. The van der Waals surface area contributed by atoms with Crippen molar-refractivity contribution in [3.05, 3.63) is 53.6 Å². The van der Waals surface area contributed by atoms with Gasteiger partial charge in [-0.25, -0.2) is 0 Å². The van der Waals surface area contributed by atoms with Gasteiger partial charge >= 0.3 is 5.97 Å². The lowest BCUT2D eigenvalue weighted by molar-refractivity contribution is -0.134. The molecule has 0 amide bonds. The molecule has 4 rings (SSSR count). The summed E-state index contributed by atoms with van der Waals surface area (Å²) in [6, 6.07) is 13.5. The minimum absolute atomic E-state index is 0.118. The van der Waals surface area contributed by atoms with Crippen LogP contribution in [0.4, 0.5) is 0 Å². The maximum Gasteiger partial charge on any atom is 0.311 e. The van der Waals surface area contributed by atoms with Crippen LogP contribution in [0, 0.1) is 0 Å². The smallest absolute Gasteiger partial charge is 0.311 e. The topological polar surface area (TPSA) is 43.4 Å². The summed E-state index contributed by atoms with van der Waals surface area (Å²) in [5.74, 6) is 0.416. The summed E-state index contributed by atoms with van der Waals surface area (Å²) >= 11 is 0. The van der Waals surface area contributed by atoms with Gasteiger partial charge in [0, 0.05) is 29.2 Å². The van der Waals surface area contributed by atoms with Crippen molar-refractivity contribution in [2.24, 2.45) is 0 Å². The predicted molar refractivity (Wildman–Crippen MR) is 90.0 cm³/mol. The maximum atomic E-state index is 12.4. The van der Waals surface area contributed by atoms with E-state index in [9.17, 15) is 9.59 Å². The second-order valence-corrected chi connectivity index (χ2v) is 5.94. The maximum absolute atomic E-state index is 12.4. The van der Waals surface area contributed by atoms with Crippen molar-refractivity contribution in [3.63, 3.8) is 0 Å². The van der Waals surface area contributed by atoms with Gasteiger partial charge in [0.25, 0.3) is 0 Å². The lowest BCUT2D eigenvalue weighted by atomic mass is 9.85. The van der Waals surface area contributed by atoms with Crippen LogP contribution in [0.5, 0.6) is 5.75 Å². The van der Waals surface area contributed by atoms with Crippen LogP contribution >= 0.6 is 0 Å². The lowest BCUT2D eigenvalue weighted by Crippen LogP contribution is -2.12. The van der Waals surface area contributed by atoms with E-state index in [1.165, 1.54) is 0 Å². The van der Waals surface area contributed by atoms with Crippen LogP contribution < -0.4 is 4.74 Å². The number of hydrogen-bond donors (Lipinski definition) is 0. The zero-order valence-corrected chi connectivity index (χ0v) is 12.9. The van der Waals surface area contributed by atoms with Gasteiger partial charge < -0.3 is 4.74 Å². The van der Waals surface area contributed by atoms with Gasteiger partial charge in [0.1, 0.15) is 5.75 Å². The number of esters is 1. The van der Waals surface area contributed by atoms with Crippen molar-refractivity contribution >= 4 is 33.3 Å². The van der Waals surface area contributed by atoms with Gasteiger partial charge in [0.15, 0.2) is 5.78 Å². The summed E-state index contributed by atoms with van der Waals surface area (Å²) in [6.45, 7) is 1.94. The second-order valence-electron chi connectivity index (χ2n) is 5.94. The Hall–Kier alpha value is -2.68. The normalized spacial score (nSPS) is 13.0. The van der Waals surface area contributed by atoms with E-state index >= 15 is 0 Å². The highest BCUT2D eigenvalue weighted by molar-refractivity contribution is 6.24. The van der Waals surface area contributed by atoms with Crippen LogP contribution in [-0.2, 0) is 11.2 Å². The summed E-state index contributed by atoms with van der Waals surface area (Å²) in [4.78, 5) is 24.3. The van der Waals surface area contributed by atoms with Crippen molar-refractivity contribution in [2.75, 3.05) is 0 Å². The van der Waals surface area contributed by atoms with Crippen LogP contribution in [-0.4, -0.2) is 11.8 Å². The predicted octanol–water partition coefficient (Wildman–Crippen LogP) is 4.44. The minimum Gasteiger partial charge on any atom is -0.426 e. The quantitative estimate of drug-likeness (QED) is 0.408. The van der Waals surface area contributed by atoms with E-state index in [-0.39, 0.29) is 11.8 Å². The summed E-state index contributed by atoms with van der Waals surface area (Å²) < 4.78 is 5.52. The van der Waals surface area contributed by atoms with Crippen LogP contribution in [0.15, 0.2) is 42.5 Å². The average Bonchev–Trinajstić information content (AvgIpc) is 2.54. The first kappa shape index (κ1) is 13.9. The molecule has 3 heteroatoms. The standard InChI is InChI=1S/C20H16O3/c1-2-4-18(22)23-17-10-9-14-16(21)11-13-6-3-5-12-7-8-15(17)20(14)19(12)13/h3,5-10H,2,4,11H2,1H3. The Morgan fingerprint density at radius 3 is 2.78 bits per heavy atom. The molecule has 3 aromatic rings. The Morgan fingerprint density at radius 1 is 1.09 bits per heavy atom. The fourth-order valence-corrected chi connectivity index (χ4v) is 3.39. The number of benzene rings is 3. The molecule has 0 saturated heterocycles. The number of carbonyl (C=O) groups is 2. The van der Waals surface area contributed by atoms with Gasteiger partial charge in [-0.05, 0) is 41.0 Å². The largest absolute Gasteiger partial charge is 0.426 e. The third-order valence-corrected chi connectivity index (χ3v) is 4.40. The molecule has 0 N–H and O–H groups in total. The van der Waals surface area contributed by atoms with Crippen molar-refractivity contribution in [1.82, 2.24) is 0 Å². The highest BCUT2D eigenvalue weighted by Crippen LogP contribution is 2.39.